The van der Waals surface area contributed by atoms with Crippen molar-refractivity contribution < 1.29 is 18.4 Å². The summed E-state index contributed by atoms with van der Waals surface area (Å²) < 4.78 is 24.1. The molecule has 0 saturated heterocycles. The summed E-state index contributed by atoms with van der Waals surface area (Å²) in [5.74, 6) is -0.799. The lowest BCUT2D eigenvalue weighted by molar-refractivity contribution is -0.134. The fourth-order valence-electron chi connectivity index (χ4n) is 2.24. The standard InChI is InChI=1S/C11H18F2N2O2/c1-8(16)15-11(5-3-2-4-6-11)10(17)14-7-9(12)13/h9H,2-7H2,1H3,(H,14,17)(H,15,16). The van der Waals surface area contributed by atoms with Gasteiger partial charge in [0.15, 0.2) is 0 Å². The largest absolute Gasteiger partial charge is 0.348 e. The van der Waals surface area contributed by atoms with E-state index in [0.29, 0.717) is 12.8 Å². The fraction of sp³-hybridized carbons (Fsp3) is 0.818. The number of amides is 2. The Morgan fingerprint density at radius 1 is 1.24 bits per heavy atom. The lowest BCUT2D eigenvalue weighted by atomic mass is 9.80. The second-order valence-corrected chi connectivity index (χ2v) is 4.43. The molecule has 0 aromatic rings. The molecule has 0 bridgehead atoms. The van der Waals surface area contributed by atoms with Crippen LogP contribution < -0.4 is 10.6 Å². The van der Waals surface area contributed by atoms with Gasteiger partial charge in [-0.05, 0) is 12.8 Å². The van der Waals surface area contributed by atoms with E-state index in [0.717, 1.165) is 19.3 Å². The minimum absolute atomic E-state index is 0.306. The number of rotatable bonds is 4. The average Bonchev–Trinajstić information content (AvgIpc) is 2.26. The van der Waals surface area contributed by atoms with E-state index >= 15 is 0 Å². The number of nitrogens with one attached hydrogen (secondary N) is 2. The summed E-state index contributed by atoms with van der Waals surface area (Å²) in [5.41, 5.74) is -0.987. The molecule has 1 aliphatic carbocycles. The smallest absolute Gasteiger partial charge is 0.255 e. The summed E-state index contributed by atoms with van der Waals surface area (Å²) in [7, 11) is 0. The molecule has 2 amide bonds. The Kier molecular flexibility index (Phi) is 4.84. The van der Waals surface area contributed by atoms with Crippen LogP contribution in [0, 0.1) is 0 Å². The molecule has 0 spiro atoms. The molecule has 0 atom stereocenters. The molecule has 0 aliphatic heterocycles. The number of carbonyl (C=O) groups excluding carboxylic acids is 2. The van der Waals surface area contributed by atoms with Gasteiger partial charge in [0.2, 0.25) is 11.8 Å². The number of hydrogen-bond donors (Lipinski definition) is 2. The van der Waals surface area contributed by atoms with Crippen LogP contribution in [0.15, 0.2) is 0 Å². The van der Waals surface area contributed by atoms with Crippen LogP contribution in [0.3, 0.4) is 0 Å². The molecular formula is C11H18F2N2O2. The van der Waals surface area contributed by atoms with Crippen LogP contribution in [-0.2, 0) is 9.59 Å². The highest BCUT2D eigenvalue weighted by Crippen LogP contribution is 2.28. The molecule has 1 rings (SSSR count). The van der Waals surface area contributed by atoms with E-state index in [9.17, 15) is 18.4 Å². The van der Waals surface area contributed by atoms with Crippen LogP contribution in [0.4, 0.5) is 8.78 Å². The fourth-order valence-corrected chi connectivity index (χ4v) is 2.24. The van der Waals surface area contributed by atoms with Gasteiger partial charge in [0, 0.05) is 6.92 Å². The molecule has 0 heterocycles. The van der Waals surface area contributed by atoms with E-state index in [4.69, 9.17) is 0 Å². The number of alkyl halides is 2. The summed E-state index contributed by atoms with van der Waals surface area (Å²) >= 11 is 0. The second kappa shape index (κ2) is 5.93. The minimum atomic E-state index is -2.57. The van der Waals surface area contributed by atoms with Crippen molar-refractivity contribution in [1.29, 1.82) is 0 Å². The first-order valence-electron chi connectivity index (χ1n) is 5.81. The molecule has 0 radical (unpaired) electrons. The van der Waals surface area contributed by atoms with E-state index in [1.54, 1.807) is 0 Å². The predicted octanol–water partition coefficient (Wildman–Crippen LogP) is 1.21. The number of halogens is 2. The minimum Gasteiger partial charge on any atom is -0.348 e. The second-order valence-electron chi connectivity index (χ2n) is 4.43. The zero-order valence-corrected chi connectivity index (χ0v) is 9.89. The average molecular weight is 248 g/mol. The monoisotopic (exact) mass is 248 g/mol. The number of hydrogen-bond acceptors (Lipinski definition) is 2. The number of carbonyl (C=O) groups is 2. The van der Waals surface area contributed by atoms with Gasteiger partial charge in [-0.2, -0.15) is 0 Å². The van der Waals surface area contributed by atoms with Crippen LogP contribution >= 0.6 is 0 Å². The highest BCUT2D eigenvalue weighted by atomic mass is 19.3. The van der Waals surface area contributed by atoms with E-state index in [1.165, 1.54) is 6.92 Å². The topological polar surface area (TPSA) is 58.2 Å². The molecule has 98 valence electrons. The molecule has 0 aromatic heterocycles. The molecule has 1 saturated carbocycles. The zero-order valence-electron chi connectivity index (χ0n) is 9.89. The van der Waals surface area contributed by atoms with Crippen LogP contribution in [-0.4, -0.2) is 30.3 Å². The lowest BCUT2D eigenvalue weighted by Gasteiger charge is -2.36. The van der Waals surface area contributed by atoms with E-state index < -0.39 is 24.4 Å². The van der Waals surface area contributed by atoms with Crippen LogP contribution in [0.1, 0.15) is 39.0 Å². The first kappa shape index (κ1) is 13.9. The third-order valence-electron chi connectivity index (χ3n) is 2.97. The molecule has 1 fully saturated rings. The maximum atomic E-state index is 12.0. The molecule has 0 unspecified atom stereocenters. The quantitative estimate of drug-likeness (QED) is 0.785. The van der Waals surface area contributed by atoms with Gasteiger partial charge in [-0.1, -0.05) is 19.3 Å². The Bertz CT molecular complexity index is 289. The molecule has 0 aromatic carbocycles. The molecule has 2 N–H and O–H groups in total. The van der Waals surface area contributed by atoms with Gasteiger partial charge in [-0.25, -0.2) is 8.78 Å². The van der Waals surface area contributed by atoms with Gasteiger partial charge >= 0.3 is 0 Å². The Hall–Kier alpha value is -1.20. The Labute approximate surface area is 99.1 Å². The predicted molar refractivity (Wildman–Crippen MR) is 58.6 cm³/mol. The van der Waals surface area contributed by atoms with E-state index in [-0.39, 0.29) is 5.91 Å². The molecule has 1 aliphatic rings. The third kappa shape index (κ3) is 3.94. The van der Waals surface area contributed by atoms with Gasteiger partial charge in [0.05, 0.1) is 6.54 Å². The van der Waals surface area contributed by atoms with Gasteiger partial charge in [0.25, 0.3) is 6.43 Å². The van der Waals surface area contributed by atoms with Crippen molar-refractivity contribution in [3.8, 4) is 0 Å². The van der Waals surface area contributed by atoms with Crippen molar-refractivity contribution in [2.75, 3.05) is 6.54 Å². The van der Waals surface area contributed by atoms with Crippen molar-refractivity contribution in [3.05, 3.63) is 0 Å². The maximum Gasteiger partial charge on any atom is 0.255 e. The van der Waals surface area contributed by atoms with E-state index in [2.05, 4.69) is 10.6 Å². The Balaban J connectivity index is 2.67. The summed E-state index contributed by atoms with van der Waals surface area (Å²) in [6.45, 7) is 0.664. The molecular weight excluding hydrogens is 230 g/mol. The normalized spacial score (nSPS) is 18.8. The highest BCUT2D eigenvalue weighted by Gasteiger charge is 2.40. The first-order chi connectivity index (χ1) is 7.96. The Morgan fingerprint density at radius 2 is 1.82 bits per heavy atom. The van der Waals surface area contributed by atoms with Gasteiger partial charge in [-0.15, -0.1) is 0 Å². The maximum absolute atomic E-state index is 12.0. The molecule has 4 nitrogen and oxygen atoms in total. The van der Waals surface area contributed by atoms with Crippen molar-refractivity contribution in [2.45, 2.75) is 51.0 Å². The van der Waals surface area contributed by atoms with Gasteiger partial charge in [0.1, 0.15) is 5.54 Å². The SMILES string of the molecule is CC(=O)NC1(C(=O)NCC(F)F)CCCCC1. The van der Waals surface area contributed by atoms with Crippen LogP contribution in [0.25, 0.3) is 0 Å². The Morgan fingerprint density at radius 3 is 2.29 bits per heavy atom. The third-order valence-corrected chi connectivity index (χ3v) is 2.97. The molecule has 6 heteroatoms. The molecule has 17 heavy (non-hydrogen) atoms. The van der Waals surface area contributed by atoms with Crippen molar-refractivity contribution in [2.24, 2.45) is 0 Å². The van der Waals surface area contributed by atoms with Gasteiger partial charge in [-0.3, -0.25) is 9.59 Å². The summed E-state index contributed by atoms with van der Waals surface area (Å²) in [6, 6.07) is 0. The summed E-state index contributed by atoms with van der Waals surface area (Å²) in [5, 5.41) is 4.82. The lowest BCUT2D eigenvalue weighted by Crippen LogP contribution is -2.59. The highest BCUT2D eigenvalue weighted by molar-refractivity contribution is 5.91. The first-order valence-corrected chi connectivity index (χ1v) is 5.81. The van der Waals surface area contributed by atoms with Crippen molar-refractivity contribution in [1.82, 2.24) is 10.6 Å². The van der Waals surface area contributed by atoms with Gasteiger partial charge < -0.3 is 10.6 Å². The summed E-state index contributed by atoms with van der Waals surface area (Å²) in [6.07, 6.45) is 1.11. The van der Waals surface area contributed by atoms with Crippen LogP contribution in [0.2, 0.25) is 0 Å². The van der Waals surface area contributed by atoms with Crippen LogP contribution in [0.5, 0.6) is 0 Å². The van der Waals surface area contributed by atoms with Crippen molar-refractivity contribution in [3.63, 3.8) is 0 Å². The van der Waals surface area contributed by atoms with Crippen molar-refractivity contribution >= 4 is 11.8 Å². The van der Waals surface area contributed by atoms with E-state index in [1.807, 2.05) is 0 Å². The zero-order chi connectivity index (χ0) is 12.9. The summed E-state index contributed by atoms with van der Waals surface area (Å²) in [4.78, 5) is 23.0.